The number of amides is 1. The van der Waals surface area contributed by atoms with Crippen LogP contribution < -0.4 is 5.32 Å². The normalized spacial score (nSPS) is 10.1. The van der Waals surface area contributed by atoms with E-state index in [4.69, 9.17) is 0 Å². The third kappa shape index (κ3) is 2.22. The molecule has 6 nitrogen and oxygen atoms in total. The quantitative estimate of drug-likeness (QED) is 0.793. The summed E-state index contributed by atoms with van der Waals surface area (Å²) in [6.45, 7) is 0.374. The molecule has 0 bridgehead atoms. The molecule has 2 aromatic rings. The van der Waals surface area contributed by atoms with Gasteiger partial charge in [0.25, 0.3) is 5.91 Å². The molecule has 0 fully saturated rings. The first-order valence-electron chi connectivity index (χ1n) is 4.78. The molecule has 1 amide bonds. The van der Waals surface area contributed by atoms with Crippen LogP contribution in [-0.2, 0) is 13.6 Å². The molecule has 0 aliphatic rings. The van der Waals surface area contributed by atoms with Crippen molar-refractivity contribution in [1.29, 1.82) is 0 Å². The summed E-state index contributed by atoms with van der Waals surface area (Å²) >= 11 is 0. The summed E-state index contributed by atoms with van der Waals surface area (Å²) in [6, 6.07) is 0. The predicted octanol–water partition coefficient (Wildman–Crippen LogP) is 0.140. The number of nitrogens with one attached hydrogen (secondary N) is 1. The van der Waals surface area contributed by atoms with Crippen LogP contribution in [0.25, 0.3) is 0 Å². The van der Waals surface area contributed by atoms with Crippen molar-refractivity contribution in [2.24, 2.45) is 7.05 Å². The topological polar surface area (TPSA) is 72.7 Å². The summed E-state index contributed by atoms with van der Waals surface area (Å²) < 4.78 is 1.84. The molecular formula is C10H11N5O. The number of aromatic nitrogens is 4. The maximum Gasteiger partial charge on any atom is 0.271 e. The summed E-state index contributed by atoms with van der Waals surface area (Å²) in [6.07, 6.45) is 7.94. The average Bonchev–Trinajstić information content (AvgIpc) is 2.73. The van der Waals surface area contributed by atoms with Crippen LogP contribution in [0.2, 0.25) is 0 Å². The van der Waals surface area contributed by atoms with Gasteiger partial charge in [-0.25, -0.2) is 9.97 Å². The van der Waals surface area contributed by atoms with Crippen molar-refractivity contribution in [3.05, 3.63) is 42.5 Å². The number of hydrogen-bond acceptors (Lipinski definition) is 4. The third-order valence-electron chi connectivity index (χ3n) is 2.12. The van der Waals surface area contributed by atoms with Crippen molar-refractivity contribution in [1.82, 2.24) is 24.8 Å². The van der Waals surface area contributed by atoms with Crippen molar-refractivity contribution in [2.75, 3.05) is 0 Å². The maximum absolute atomic E-state index is 11.6. The van der Waals surface area contributed by atoms with Gasteiger partial charge in [-0.1, -0.05) is 0 Å². The lowest BCUT2D eigenvalue weighted by Gasteiger charge is -2.04. The summed E-state index contributed by atoms with van der Waals surface area (Å²) in [5.41, 5.74) is 0.303. The predicted molar refractivity (Wildman–Crippen MR) is 56.4 cm³/mol. The highest BCUT2D eigenvalue weighted by Gasteiger charge is 2.07. The SMILES string of the molecule is Cn1ccnc1CNC(=O)c1cnccn1. The average molecular weight is 217 g/mol. The Hall–Kier alpha value is -2.24. The minimum Gasteiger partial charge on any atom is -0.343 e. The van der Waals surface area contributed by atoms with Gasteiger partial charge in [0.15, 0.2) is 0 Å². The first-order valence-corrected chi connectivity index (χ1v) is 4.78. The maximum atomic E-state index is 11.6. The van der Waals surface area contributed by atoms with E-state index in [1.54, 1.807) is 6.20 Å². The molecule has 0 radical (unpaired) electrons. The van der Waals surface area contributed by atoms with Gasteiger partial charge < -0.3 is 9.88 Å². The number of rotatable bonds is 3. The Morgan fingerprint density at radius 1 is 1.38 bits per heavy atom. The molecule has 1 N–H and O–H groups in total. The van der Waals surface area contributed by atoms with Crippen molar-refractivity contribution in [3.8, 4) is 0 Å². The fourth-order valence-electron chi connectivity index (χ4n) is 1.23. The fraction of sp³-hybridized carbons (Fsp3) is 0.200. The zero-order chi connectivity index (χ0) is 11.4. The van der Waals surface area contributed by atoms with Gasteiger partial charge in [-0.2, -0.15) is 0 Å². The molecule has 82 valence electrons. The number of imidazole rings is 1. The van der Waals surface area contributed by atoms with E-state index in [1.807, 2.05) is 17.8 Å². The number of nitrogens with zero attached hydrogens (tertiary/aromatic N) is 4. The number of carbonyl (C=O) groups is 1. The van der Waals surface area contributed by atoms with Gasteiger partial charge in [0.2, 0.25) is 0 Å². The lowest BCUT2D eigenvalue weighted by molar-refractivity contribution is 0.0944. The first-order chi connectivity index (χ1) is 7.77. The monoisotopic (exact) mass is 217 g/mol. The molecule has 0 spiro atoms. The minimum absolute atomic E-state index is 0.254. The van der Waals surface area contributed by atoms with E-state index in [2.05, 4.69) is 20.3 Å². The lowest BCUT2D eigenvalue weighted by Crippen LogP contribution is -2.25. The second-order valence-electron chi connectivity index (χ2n) is 3.23. The second-order valence-corrected chi connectivity index (χ2v) is 3.23. The fourth-order valence-corrected chi connectivity index (χ4v) is 1.23. The molecule has 0 atom stereocenters. The van der Waals surface area contributed by atoms with Crippen molar-refractivity contribution < 1.29 is 4.79 Å². The highest BCUT2D eigenvalue weighted by atomic mass is 16.1. The van der Waals surface area contributed by atoms with E-state index < -0.39 is 0 Å². The van der Waals surface area contributed by atoms with E-state index in [1.165, 1.54) is 18.6 Å². The minimum atomic E-state index is -0.254. The molecule has 0 saturated heterocycles. The van der Waals surface area contributed by atoms with Crippen LogP contribution in [0.1, 0.15) is 16.3 Å². The smallest absolute Gasteiger partial charge is 0.271 e. The Balaban J connectivity index is 1.97. The van der Waals surface area contributed by atoms with Gasteiger partial charge >= 0.3 is 0 Å². The molecule has 16 heavy (non-hydrogen) atoms. The van der Waals surface area contributed by atoms with Crippen molar-refractivity contribution in [3.63, 3.8) is 0 Å². The Morgan fingerprint density at radius 3 is 2.88 bits per heavy atom. The zero-order valence-corrected chi connectivity index (χ0v) is 8.79. The Kier molecular flexibility index (Phi) is 2.90. The number of carbonyl (C=O) groups excluding carboxylic acids is 1. The highest BCUT2D eigenvalue weighted by molar-refractivity contribution is 5.91. The summed E-state index contributed by atoms with van der Waals surface area (Å²) in [5, 5.41) is 2.72. The van der Waals surface area contributed by atoms with E-state index in [9.17, 15) is 4.79 Å². The van der Waals surface area contributed by atoms with Crippen LogP contribution in [0, 0.1) is 0 Å². The van der Waals surface area contributed by atoms with E-state index >= 15 is 0 Å². The Morgan fingerprint density at radius 2 is 2.25 bits per heavy atom. The Labute approximate surface area is 92.4 Å². The number of aryl methyl sites for hydroxylation is 1. The first kappa shape index (κ1) is 10.3. The van der Waals surface area contributed by atoms with E-state index in [0.717, 1.165) is 5.82 Å². The van der Waals surface area contributed by atoms with Crippen LogP contribution in [-0.4, -0.2) is 25.4 Å². The van der Waals surface area contributed by atoms with Crippen LogP contribution in [0.15, 0.2) is 31.0 Å². The zero-order valence-electron chi connectivity index (χ0n) is 8.79. The van der Waals surface area contributed by atoms with Gasteiger partial charge in [0.1, 0.15) is 11.5 Å². The lowest BCUT2D eigenvalue weighted by atomic mass is 10.4. The molecule has 0 aliphatic heterocycles. The molecule has 6 heteroatoms. The van der Waals surface area contributed by atoms with Gasteiger partial charge in [0.05, 0.1) is 12.7 Å². The van der Waals surface area contributed by atoms with Crippen molar-refractivity contribution in [2.45, 2.75) is 6.54 Å². The van der Waals surface area contributed by atoms with Gasteiger partial charge in [-0.05, 0) is 0 Å². The molecule has 2 rings (SSSR count). The van der Waals surface area contributed by atoms with Crippen molar-refractivity contribution >= 4 is 5.91 Å². The Bertz CT molecular complexity index is 479. The summed E-state index contributed by atoms with van der Waals surface area (Å²) in [7, 11) is 1.87. The van der Waals surface area contributed by atoms with Gasteiger partial charge in [-0.3, -0.25) is 9.78 Å². The standard InChI is InChI=1S/C10H11N5O/c1-15-5-4-13-9(15)7-14-10(16)8-6-11-2-3-12-8/h2-6H,7H2,1H3,(H,14,16). The van der Waals surface area contributed by atoms with Crippen LogP contribution >= 0.6 is 0 Å². The van der Waals surface area contributed by atoms with Gasteiger partial charge in [-0.15, -0.1) is 0 Å². The molecule has 0 aromatic carbocycles. The molecule has 2 heterocycles. The summed E-state index contributed by atoms with van der Waals surface area (Å²) in [4.78, 5) is 23.4. The summed E-state index contributed by atoms with van der Waals surface area (Å²) in [5.74, 6) is 0.536. The molecule has 0 aliphatic carbocycles. The van der Waals surface area contributed by atoms with E-state index in [-0.39, 0.29) is 5.91 Å². The molecule has 0 saturated carbocycles. The molecular weight excluding hydrogens is 206 g/mol. The molecule has 2 aromatic heterocycles. The third-order valence-corrected chi connectivity index (χ3v) is 2.12. The number of hydrogen-bond donors (Lipinski definition) is 1. The second kappa shape index (κ2) is 4.52. The molecule has 0 unspecified atom stereocenters. The van der Waals surface area contributed by atoms with Crippen LogP contribution in [0.4, 0.5) is 0 Å². The van der Waals surface area contributed by atoms with Crippen LogP contribution in [0.3, 0.4) is 0 Å². The highest BCUT2D eigenvalue weighted by Crippen LogP contribution is 1.95. The van der Waals surface area contributed by atoms with Gasteiger partial charge in [0, 0.05) is 31.8 Å². The van der Waals surface area contributed by atoms with Crippen LogP contribution in [0.5, 0.6) is 0 Å². The van der Waals surface area contributed by atoms with E-state index in [0.29, 0.717) is 12.2 Å². The largest absolute Gasteiger partial charge is 0.343 e.